The van der Waals surface area contributed by atoms with Crippen LogP contribution in [0.4, 0.5) is 5.69 Å². The molecule has 1 aliphatic heterocycles. The van der Waals surface area contributed by atoms with Crippen molar-refractivity contribution in [1.29, 1.82) is 0 Å². The number of hydrogen-bond acceptors (Lipinski definition) is 4. The maximum Gasteiger partial charge on any atom is 0.174 e. The van der Waals surface area contributed by atoms with Gasteiger partial charge in [0.1, 0.15) is 12.4 Å². The fourth-order valence-electron chi connectivity index (χ4n) is 5.32. The standard InChI is InChI=1S/C30H31ClN4O2S/c1-19-20(2)34(22-10-6-5-7-11-22)21(3)27(19)29-28(25-12-8-9-15-32-25)33-30(38)35(29)23-13-14-26(24(31)18-23)37-17-16-36-4/h5-15,18,28-29H,16-17H2,1-4H3,(H,33,38)/t28-,29-/m1/s1. The van der Waals surface area contributed by atoms with Crippen molar-refractivity contribution >= 4 is 34.6 Å². The highest BCUT2D eigenvalue weighted by Crippen LogP contribution is 2.46. The number of thiocarbonyl (C=S) groups is 1. The van der Waals surface area contributed by atoms with Gasteiger partial charge in [-0.1, -0.05) is 35.9 Å². The number of aromatic nitrogens is 2. The molecule has 0 bridgehead atoms. The SMILES string of the molecule is COCCOc1ccc(N2C(=S)N[C@H](c3ccccn3)[C@H]2c2c(C)c(C)n(-c3ccccc3)c2C)cc1Cl. The molecule has 0 amide bonds. The summed E-state index contributed by atoms with van der Waals surface area (Å²) < 4.78 is 13.2. The second-order valence-electron chi connectivity index (χ2n) is 9.33. The fourth-order valence-corrected chi connectivity index (χ4v) is 5.90. The summed E-state index contributed by atoms with van der Waals surface area (Å²) in [5.74, 6) is 0.613. The van der Waals surface area contributed by atoms with Gasteiger partial charge < -0.3 is 24.3 Å². The Bertz CT molecular complexity index is 1440. The van der Waals surface area contributed by atoms with Gasteiger partial charge in [-0.05, 0) is 81.0 Å². The lowest BCUT2D eigenvalue weighted by Gasteiger charge is -2.29. The molecule has 0 aliphatic carbocycles. The Kier molecular flexibility index (Phi) is 7.70. The maximum atomic E-state index is 6.68. The summed E-state index contributed by atoms with van der Waals surface area (Å²) in [4.78, 5) is 6.86. The Balaban J connectivity index is 1.64. The lowest BCUT2D eigenvalue weighted by atomic mass is 9.93. The number of halogens is 1. The lowest BCUT2D eigenvalue weighted by molar-refractivity contribution is 0.146. The van der Waals surface area contributed by atoms with E-state index in [1.807, 2.05) is 48.7 Å². The Morgan fingerprint density at radius 1 is 0.947 bits per heavy atom. The van der Waals surface area contributed by atoms with Gasteiger partial charge in [-0.25, -0.2) is 0 Å². The zero-order valence-corrected chi connectivity index (χ0v) is 23.5. The van der Waals surface area contributed by atoms with E-state index in [9.17, 15) is 0 Å². The van der Waals surface area contributed by atoms with Crippen LogP contribution in [0.3, 0.4) is 0 Å². The van der Waals surface area contributed by atoms with Crippen LogP contribution in [-0.4, -0.2) is 35.0 Å². The fraction of sp³-hybridized carbons (Fsp3) is 0.267. The number of nitrogens with zero attached hydrogens (tertiary/aromatic N) is 3. The van der Waals surface area contributed by atoms with E-state index in [1.165, 1.54) is 22.5 Å². The number of hydrogen-bond donors (Lipinski definition) is 1. The van der Waals surface area contributed by atoms with Gasteiger partial charge in [0, 0.05) is 41.6 Å². The van der Waals surface area contributed by atoms with E-state index >= 15 is 0 Å². The van der Waals surface area contributed by atoms with Crippen LogP contribution < -0.4 is 15.0 Å². The van der Waals surface area contributed by atoms with Crippen LogP contribution >= 0.6 is 23.8 Å². The molecular weight excluding hydrogens is 516 g/mol. The third kappa shape index (κ3) is 4.77. The average Bonchev–Trinajstić information content (AvgIpc) is 3.37. The first kappa shape index (κ1) is 26.2. The van der Waals surface area contributed by atoms with Crippen LogP contribution in [0.15, 0.2) is 72.9 Å². The van der Waals surface area contributed by atoms with Gasteiger partial charge in [-0.3, -0.25) is 4.98 Å². The van der Waals surface area contributed by atoms with Crippen molar-refractivity contribution in [3.05, 3.63) is 106 Å². The highest BCUT2D eigenvalue weighted by Gasteiger charge is 2.43. The van der Waals surface area contributed by atoms with E-state index in [-0.39, 0.29) is 12.1 Å². The van der Waals surface area contributed by atoms with Crippen LogP contribution in [0.5, 0.6) is 5.75 Å². The van der Waals surface area contributed by atoms with Crippen molar-refractivity contribution < 1.29 is 9.47 Å². The summed E-state index contributed by atoms with van der Waals surface area (Å²) in [5.41, 5.74) is 7.74. The molecule has 0 spiro atoms. The molecule has 1 saturated heterocycles. The lowest BCUT2D eigenvalue weighted by Crippen LogP contribution is -2.29. The molecule has 1 N–H and O–H groups in total. The minimum Gasteiger partial charge on any atom is -0.490 e. The van der Waals surface area contributed by atoms with E-state index in [0.717, 1.165) is 17.1 Å². The molecule has 38 heavy (non-hydrogen) atoms. The van der Waals surface area contributed by atoms with E-state index in [2.05, 4.69) is 59.8 Å². The summed E-state index contributed by atoms with van der Waals surface area (Å²) in [6, 6.07) is 21.9. The molecule has 3 heterocycles. The van der Waals surface area contributed by atoms with E-state index < -0.39 is 0 Å². The number of rotatable bonds is 8. The summed E-state index contributed by atoms with van der Waals surface area (Å²) in [6.45, 7) is 7.45. The van der Waals surface area contributed by atoms with Crippen molar-refractivity contribution in [3.63, 3.8) is 0 Å². The topological polar surface area (TPSA) is 51.6 Å². The zero-order chi connectivity index (χ0) is 26.8. The van der Waals surface area contributed by atoms with Crippen LogP contribution in [-0.2, 0) is 4.74 Å². The molecule has 6 nitrogen and oxygen atoms in total. The van der Waals surface area contributed by atoms with E-state index in [0.29, 0.717) is 29.1 Å². The molecule has 1 fully saturated rings. The Morgan fingerprint density at radius 2 is 1.71 bits per heavy atom. The molecule has 196 valence electrons. The Hall–Kier alpha value is -3.39. The summed E-state index contributed by atoms with van der Waals surface area (Å²) in [7, 11) is 1.64. The minimum absolute atomic E-state index is 0.141. The molecule has 2 atom stereocenters. The van der Waals surface area contributed by atoms with Crippen molar-refractivity contribution in [2.45, 2.75) is 32.9 Å². The highest BCUT2D eigenvalue weighted by molar-refractivity contribution is 7.80. The molecule has 0 unspecified atom stereocenters. The average molecular weight is 547 g/mol. The smallest absolute Gasteiger partial charge is 0.174 e. The van der Waals surface area contributed by atoms with Crippen molar-refractivity contribution in [3.8, 4) is 11.4 Å². The first-order valence-corrected chi connectivity index (χ1v) is 13.4. The number of benzene rings is 2. The third-order valence-electron chi connectivity index (χ3n) is 7.15. The van der Waals surface area contributed by atoms with Crippen molar-refractivity contribution in [2.24, 2.45) is 0 Å². The van der Waals surface area contributed by atoms with Gasteiger partial charge in [0.05, 0.1) is 29.4 Å². The molecule has 2 aromatic heterocycles. The molecule has 5 rings (SSSR count). The molecule has 4 aromatic rings. The second-order valence-corrected chi connectivity index (χ2v) is 10.1. The first-order chi connectivity index (χ1) is 18.4. The largest absolute Gasteiger partial charge is 0.490 e. The first-order valence-electron chi connectivity index (χ1n) is 12.6. The number of ether oxygens (including phenoxy) is 2. The Morgan fingerprint density at radius 3 is 2.39 bits per heavy atom. The quantitative estimate of drug-likeness (QED) is 0.197. The zero-order valence-electron chi connectivity index (χ0n) is 21.9. The number of para-hydroxylation sites is 1. The van der Waals surface area contributed by atoms with Gasteiger partial charge in [-0.2, -0.15) is 0 Å². The van der Waals surface area contributed by atoms with E-state index in [4.69, 9.17) is 38.3 Å². The predicted octanol–water partition coefficient (Wildman–Crippen LogP) is 6.65. The van der Waals surface area contributed by atoms with Crippen molar-refractivity contribution in [1.82, 2.24) is 14.9 Å². The number of nitrogens with one attached hydrogen (secondary N) is 1. The highest BCUT2D eigenvalue weighted by atomic mass is 35.5. The van der Waals surface area contributed by atoms with Crippen molar-refractivity contribution in [2.75, 3.05) is 25.2 Å². The predicted molar refractivity (Wildman–Crippen MR) is 157 cm³/mol. The molecule has 1 aliphatic rings. The number of methoxy groups -OCH3 is 1. The monoisotopic (exact) mass is 546 g/mol. The molecule has 0 radical (unpaired) electrons. The van der Waals surface area contributed by atoms with Crippen LogP contribution in [0.25, 0.3) is 5.69 Å². The number of pyridine rings is 1. The Labute approximate surface area is 234 Å². The minimum atomic E-state index is -0.150. The van der Waals surface area contributed by atoms with Gasteiger partial charge in [-0.15, -0.1) is 0 Å². The molecular formula is C30H31ClN4O2S. The van der Waals surface area contributed by atoms with E-state index in [1.54, 1.807) is 7.11 Å². The number of anilines is 1. The van der Waals surface area contributed by atoms with Crippen LogP contribution in [0, 0.1) is 20.8 Å². The van der Waals surface area contributed by atoms with Gasteiger partial charge >= 0.3 is 0 Å². The van der Waals surface area contributed by atoms with Gasteiger partial charge in [0.15, 0.2) is 5.11 Å². The third-order valence-corrected chi connectivity index (χ3v) is 7.76. The molecule has 2 aromatic carbocycles. The summed E-state index contributed by atoms with van der Waals surface area (Å²) >= 11 is 12.6. The summed E-state index contributed by atoms with van der Waals surface area (Å²) in [5, 5.41) is 4.71. The second kappa shape index (κ2) is 11.2. The maximum absolute atomic E-state index is 6.68. The normalized spacial score (nSPS) is 17.1. The van der Waals surface area contributed by atoms with Crippen LogP contribution in [0.2, 0.25) is 5.02 Å². The van der Waals surface area contributed by atoms with Crippen LogP contribution in [0.1, 0.15) is 40.3 Å². The molecule has 0 saturated carbocycles. The summed E-state index contributed by atoms with van der Waals surface area (Å²) in [6.07, 6.45) is 1.82. The van der Waals surface area contributed by atoms with Gasteiger partial charge in [0.25, 0.3) is 0 Å². The molecule has 8 heteroatoms. The van der Waals surface area contributed by atoms with Gasteiger partial charge in [0.2, 0.25) is 0 Å².